The van der Waals surface area contributed by atoms with Crippen molar-refractivity contribution in [2.75, 3.05) is 13.7 Å². The van der Waals surface area contributed by atoms with Gasteiger partial charge in [0.15, 0.2) is 0 Å². The molecule has 1 unspecified atom stereocenters. The summed E-state index contributed by atoms with van der Waals surface area (Å²) in [6, 6.07) is 15.6. The lowest BCUT2D eigenvalue weighted by atomic mass is 10.0. The summed E-state index contributed by atoms with van der Waals surface area (Å²) in [5.41, 5.74) is 2.16. The van der Waals surface area contributed by atoms with Crippen molar-refractivity contribution in [3.63, 3.8) is 0 Å². The fourth-order valence-electron chi connectivity index (χ4n) is 2.73. The Hall–Kier alpha value is -2.47. The minimum Gasteiger partial charge on any atom is -0.497 e. The molecule has 5 nitrogen and oxygen atoms in total. The van der Waals surface area contributed by atoms with Crippen LogP contribution in [0.2, 0.25) is 0 Å². The summed E-state index contributed by atoms with van der Waals surface area (Å²) < 4.78 is 11.1. The molecule has 0 aliphatic carbocycles. The van der Waals surface area contributed by atoms with Crippen LogP contribution in [0.4, 0.5) is 4.79 Å². The predicted molar refractivity (Wildman–Crippen MR) is 102 cm³/mol. The van der Waals surface area contributed by atoms with E-state index >= 15 is 0 Å². The number of benzene rings is 2. The maximum Gasteiger partial charge on any atom is 0.286 e. The molecule has 1 aliphatic rings. The van der Waals surface area contributed by atoms with Gasteiger partial charge in [-0.1, -0.05) is 43.0 Å². The van der Waals surface area contributed by atoms with Gasteiger partial charge in [-0.25, -0.2) is 0 Å². The molecule has 0 bridgehead atoms. The zero-order valence-corrected chi connectivity index (χ0v) is 15.5. The maximum absolute atomic E-state index is 11.6. The third-order valence-corrected chi connectivity index (χ3v) is 5.26. The summed E-state index contributed by atoms with van der Waals surface area (Å²) >= 11 is 1.05. The average molecular weight is 371 g/mol. The molecule has 1 aliphatic heterocycles. The van der Waals surface area contributed by atoms with E-state index in [1.165, 1.54) is 0 Å². The van der Waals surface area contributed by atoms with Crippen LogP contribution in [0.3, 0.4) is 0 Å². The molecule has 26 heavy (non-hydrogen) atoms. The van der Waals surface area contributed by atoms with E-state index in [9.17, 15) is 9.59 Å². The van der Waals surface area contributed by atoms with Gasteiger partial charge in [0, 0.05) is 5.92 Å². The van der Waals surface area contributed by atoms with E-state index in [4.69, 9.17) is 9.47 Å². The summed E-state index contributed by atoms with van der Waals surface area (Å²) in [7, 11) is 1.66. The maximum atomic E-state index is 11.6. The molecular weight excluding hydrogens is 350 g/mol. The molecule has 0 spiro atoms. The number of amides is 2. The third-order valence-electron chi connectivity index (χ3n) is 4.27. The molecule has 3 rings (SSSR count). The van der Waals surface area contributed by atoms with Crippen LogP contribution in [0.1, 0.15) is 24.0 Å². The Morgan fingerprint density at radius 3 is 2.54 bits per heavy atom. The van der Waals surface area contributed by atoms with E-state index in [1.54, 1.807) is 7.11 Å². The fourth-order valence-corrected chi connectivity index (χ4v) is 3.59. The molecule has 1 heterocycles. The van der Waals surface area contributed by atoms with Gasteiger partial charge in [-0.05, 0) is 41.8 Å². The normalized spacial score (nSPS) is 17.7. The minimum atomic E-state index is -0.345. The molecule has 136 valence electrons. The number of ether oxygens (including phenoxy) is 2. The van der Waals surface area contributed by atoms with Crippen LogP contribution in [0.5, 0.6) is 11.5 Å². The highest BCUT2D eigenvalue weighted by molar-refractivity contribution is 8.15. The fraction of sp³-hybridized carbons (Fsp3) is 0.300. The van der Waals surface area contributed by atoms with E-state index in [0.29, 0.717) is 13.0 Å². The SMILES string of the molecule is COc1cccc([C@H](C)COc2ccc(CC3SC(=O)NC3=O)cc2)c1. The van der Waals surface area contributed by atoms with Crippen LogP contribution < -0.4 is 14.8 Å². The highest BCUT2D eigenvalue weighted by Gasteiger charge is 2.31. The van der Waals surface area contributed by atoms with Crippen molar-refractivity contribution in [3.05, 3.63) is 59.7 Å². The van der Waals surface area contributed by atoms with Crippen molar-refractivity contribution in [2.45, 2.75) is 24.5 Å². The van der Waals surface area contributed by atoms with Gasteiger partial charge in [0.25, 0.3) is 5.24 Å². The Morgan fingerprint density at radius 2 is 1.88 bits per heavy atom. The van der Waals surface area contributed by atoms with Gasteiger partial charge >= 0.3 is 0 Å². The lowest BCUT2D eigenvalue weighted by Gasteiger charge is -2.15. The topological polar surface area (TPSA) is 64.6 Å². The quantitative estimate of drug-likeness (QED) is 0.803. The summed E-state index contributed by atoms with van der Waals surface area (Å²) in [5, 5.41) is 1.69. The molecule has 2 aromatic rings. The van der Waals surface area contributed by atoms with Gasteiger partial charge < -0.3 is 9.47 Å². The van der Waals surface area contributed by atoms with Gasteiger partial charge in [0.1, 0.15) is 11.5 Å². The minimum absolute atomic E-state index is 0.215. The van der Waals surface area contributed by atoms with Gasteiger partial charge in [0.2, 0.25) is 5.91 Å². The highest BCUT2D eigenvalue weighted by Crippen LogP contribution is 2.25. The average Bonchev–Trinajstić information content (AvgIpc) is 2.97. The Balaban J connectivity index is 1.54. The second-order valence-corrected chi connectivity index (χ2v) is 7.40. The number of hydrogen-bond donors (Lipinski definition) is 1. The van der Waals surface area contributed by atoms with Crippen LogP contribution in [0.25, 0.3) is 0 Å². The monoisotopic (exact) mass is 371 g/mol. The van der Waals surface area contributed by atoms with E-state index in [0.717, 1.165) is 34.4 Å². The summed E-state index contributed by atoms with van der Waals surface area (Å²) in [6.45, 7) is 2.66. The molecule has 0 saturated carbocycles. The third kappa shape index (κ3) is 4.58. The zero-order valence-electron chi connectivity index (χ0n) is 14.7. The van der Waals surface area contributed by atoms with E-state index in [1.807, 2.05) is 42.5 Å². The number of rotatable bonds is 7. The van der Waals surface area contributed by atoms with Crippen molar-refractivity contribution >= 4 is 22.9 Å². The van der Waals surface area contributed by atoms with Crippen LogP contribution >= 0.6 is 11.8 Å². The number of carbonyl (C=O) groups is 2. The molecule has 1 N–H and O–H groups in total. The van der Waals surface area contributed by atoms with Crippen LogP contribution in [-0.4, -0.2) is 30.1 Å². The predicted octanol–water partition coefficient (Wildman–Crippen LogP) is 3.77. The van der Waals surface area contributed by atoms with Crippen molar-refractivity contribution in [3.8, 4) is 11.5 Å². The molecule has 2 aromatic carbocycles. The van der Waals surface area contributed by atoms with Crippen LogP contribution in [0.15, 0.2) is 48.5 Å². The Morgan fingerprint density at radius 1 is 1.12 bits per heavy atom. The second kappa shape index (κ2) is 8.27. The molecule has 1 saturated heterocycles. The smallest absolute Gasteiger partial charge is 0.286 e. The van der Waals surface area contributed by atoms with E-state index in [-0.39, 0.29) is 22.3 Å². The number of carbonyl (C=O) groups excluding carboxylic acids is 2. The summed E-state index contributed by atoms with van der Waals surface area (Å²) in [4.78, 5) is 22.8. The number of methoxy groups -OCH3 is 1. The second-order valence-electron chi connectivity index (χ2n) is 6.22. The summed E-state index contributed by atoms with van der Waals surface area (Å²) in [6.07, 6.45) is 0.530. The standard InChI is InChI=1S/C20H21NO4S/c1-13(15-4-3-5-17(11-15)24-2)12-25-16-8-6-14(7-9-16)10-18-19(22)21-20(23)26-18/h3-9,11,13,18H,10,12H2,1-2H3,(H,21,22,23)/t13-,18?/m1/s1. The molecule has 2 amide bonds. The number of nitrogens with one attached hydrogen (secondary N) is 1. The van der Waals surface area contributed by atoms with Gasteiger partial charge in [0.05, 0.1) is 19.0 Å². The molecule has 1 fully saturated rings. The van der Waals surface area contributed by atoms with Gasteiger partial charge in [-0.3, -0.25) is 14.9 Å². The van der Waals surface area contributed by atoms with E-state index in [2.05, 4.69) is 18.3 Å². The number of imide groups is 1. The first-order valence-corrected chi connectivity index (χ1v) is 9.30. The Kier molecular flexibility index (Phi) is 5.83. The lowest BCUT2D eigenvalue weighted by molar-refractivity contribution is -0.118. The largest absolute Gasteiger partial charge is 0.497 e. The molecule has 0 aromatic heterocycles. The molecule has 2 atom stereocenters. The number of thioether (sulfide) groups is 1. The first-order chi connectivity index (χ1) is 12.5. The lowest BCUT2D eigenvalue weighted by Crippen LogP contribution is -2.25. The van der Waals surface area contributed by atoms with Crippen molar-refractivity contribution in [1.82, 2.24) is 5.32 Å². The van der Waals surface area contributed by atoms with E-state index < -0.39 is 0 Å². The first-order valence-electron chi connectivity index (χ1n) is 8.42. The van der Waals surface area contributed by atoms with Crippen LogP contribution in [-0.2, 0) is 11.2 Å². The number of hydrogen-bond acceptors (Lipinski definition) is 5. The van der Waals surface area contributed by atoms with Gasteiger partial charge in [-0.15, -0.1) is 0 Å². The molecule has 0 radical (unpaired) electrons. The van der Waals surface area contributed by atoms with Crippen molar-refractivity contribution in [2.24, 2.45) is 0 Å². The summed E-state index contributed by atoms with van der Waals surface area (Å²) in [5.74, 6) is 1.64. The van der Waals surface area contributed by atoms with Crippen molar-refractivity contribution < 1.29 is 19.1 Å². The van der Waals surface area contributed by atoms with Gasteiger partial charge in [-0.2, -0.15) is 0 Å². The molecule has 6 heteroatoms. The van der Waals surface area contributed by atoms with Crippen molar-refractivity contribution in [1.29, 1.82) is 0 Å². The zero-order chi connectivity index (χ0) is 18.5. The molecular formula is C20H21NO4S. The van der Waals surface area contributed by atoms with Crippen LogP contribution in [0, 0.1) is 0 Å². The highest BCUT2D eigenvalue weighted by atomic mass is 32.2. The Labute approximate surface area is 157 Å². The Bertz CT molecular complexity index is 791. The first kappa shape index (κ1) is 18.3.